The van der Waals surface area contributed by atoms with E-state index in [4.69, 9.17) is 4.42 Å². The second-order valence-electron chi connectivity index (χ2n) is 12.2. The quantitative estimate of drug-likeness (QED) is 0.117. The second kappa shape index (κ2) is 13.0. The molecule has 1 heterocycles. The Labute approximate surface area is 286 Å². The molecule has 8 aromatic rings. The molecule has 8 rings (SSSR count). The average Bonchev–Trinajstić information content (AvgIpc) is 3.56. The highest BCUT2D eigenvalue weighted by Crippen LogP contribution is 2.37. The monoisotopic (exact) mass is 629 g/mol. The van der Waals surface area contributed by atoms with E-state index in [2.05, 4.69) is 176 Å². The van der Waals surface area contributed by atoms with Crippen LogP contribution in [0.25, 0.3) is 71.8 Å². The number of furan rings is 1. The Balaban J connectivity index is 1.16. The molecule has 0 radical (unpaired) electrons. The van der Waals surface area contributed by atoms with Crippen molar-refractivity contribution in [3.8, 4) is 22.3 Å². The summed E-state index contributed by atoms with van der Waals surface area (Å²) in [7, 11) is 0. The molecule has 1 aromatic heterocycles. The van der Waals surface area contributed by atoms with E-state index in [1.165, 1.54) is 32.8 Å². The lowest BCUT2D eigenvalue weighted by Gasteiger charge is -2.25. The van der Waals surface area contributed by atoms with Crippen LogP contribution in [0.15, 0.2) is 193 Å². The van der Waals surface area contributed by atoms with Crippen molar-refractivity contribution < 1.29 is 4.42 Å². The molecule has 0 amide bonds. The zero-order chi connectivity index (χ0) is 33.2. The van der Waals surface area contributed by atoms with Gasteiger partial charge in [0, 0.05) is 39.7 Å². The standard InChI is InChI=1S/C47H35NO/c1-3-5-18-42(32-40-17-11-20-44-45-28-25-35-13-8-9-19-43(35)47(45)49-46(40)44)48(29-4-2)41-26-23-34(24-27-41)37-15-10-16-38(30-37)39-22-21-33-12-6-7-14-36(33)31-39/h3-28,30-32H,1-2,29H2/b18-5-,42-32-. The second-order valence-corrected chi connectivity index (χ2v) is 12.2. The van der Waals surface area contributed by atoms with Crippen molar-refractivity contribution in [2.45, 2.75) is 0 Å². The summed E-state index contributed by atoms with van der Waals surface area (Å²) in [5.41, 5.74) is 9.63. The van der Waals surface area contributed by atoms with Gasteiger partial charge in [-0.05, 0) is 80.9 Å². The van der Waals surface area contributed by atoms with E-state index in [1.807, 2.05) is 12.2 Å². The van der Waals surface area contributed by atoms with E-state index in [0.717, 1.165) is 49.8 Å². The molecule has 0 atom stereocenters. The van der Waals surface area contributed by atoms with Crippen LogP contribution in [-0.2, 0) is 0 Å². The Morgan fingerprint density at radius 1 is 0.551 bits per heavy atom. The lowest BCUT2D eigenvalue weighted by molar-refractivity contribution is 0.671. The first-order valence-corrected chi connectivity index (χ1v) is 16.6. The number of allylic oxidation sites excluding steroid dienone is 3. The number of hydrogen-bond acceptors (Lipinski definition) is 2. The molecule has 7 aromatic carbocycles. The van der Waals surface area contributed by atoms with Gasteiger partial charge in [-0.2, -0.15) is 0 Å². The Bertz CT molecular complexity index is 2560. The molecule has 0 saturated carbocycles. The highest BCUT2D eigenvalue weighted by atomic mass is 16.3. The van der Waals surface area contributed by atoms with Gasteiger partial charge in [0.1, 0.15) is 11.2 Å². The van der Waals surface area contributed by atoms with Crippen LogP contribution in [0.2, 0.25) is 0 Å². The SMILES string of the molecule is C=C/C=C\C(=C\c1cccc2c1oc1c3ccccc3ccc21)N(CC=C)c1ccc(-c2cccc(-c3ccc4ccccc4c3)c2)cc1. The highest BCUT2D eigenvalue weighted by Gasteiger charge is 2.15. The predicted molar refractivity (Wildman–Crippen MR) is 211 cm³/mol. The molecule has 0 aliphatic carbocycles. The maximum Gasteiger partial charge on any atom is 0.143 e. The molecule has 0 N–H and O–H groups in total. The van der Waals surface area contributed by atoms with Gasteiger partial charge in [0.15, 0.2) is 0 Å². The van der Waals surface area contributed by atoms with Crippen LogP contribution in [0.3, 0.4) is 0 Å². The lowest BCUT2D eigenvalue weighted by Crippen LogP contribution is -2.21. The number of rotatable bonds is 9. The topological polar surface area (TPSA) is 16.4 Å². The lowest BCUT2D eigenvalue weighted by atomic mass is 9.97. The minimum atomic E-state index is 0.630. The number of nitrogens with zero attached hydrogens (tertiary/aromatic N) is 1. The van der Waals surface area contributed by atoms with Gasteiger partial charge < -0.3 is 9.32 Å². The molecule has 49 heavy (non-hydrogen) atoms. The van der Waals surface area contributed by atoms with Gasteiger partial charge in [0.25, 0.3) is 0 Å². The third-order valence-electron chi connectivity index (χ3n) is 9.21. The van der Waals surface area contributed by atoms with Crippen molar-refractivity contribution in [2.24, 2.45) is 0 Å². The third kappa shape index (κ3) is 5.75. The van der Waals surface area contributed by atoms with Crippen molar-refractivity contribution >= 4 is 55.2 Å². The normalized spacial score (nSPS) is 12.0. The maximum atomic E-state index is 6.65. The van der Waals surface area contributed by atoms with Crippen LogP contribution in [0, 0.1) is 0 Å². The zero-order valence-corrected chi connectivity index (χ0v) is 27.2. The molecule has 2 heteroatoms. The summed E-state index contributed by atoms with van der Waals surface area (Å²) in [5, 5.41) is 7.01. The van der Waals surface area contributed by atoms with Crippen LogP contribution in [-0.4, -0.2) is 6.54 Å². The van der Waals surface area contributed by atoms with Crippen LogP contribution >= 0.6 is 0 Å². The van der Waals surface area contributed by atoms with Crippen molar-refractivity contribution in [1.29, 1.82) is 0 Å². The van der Waals surface area contributed by atoms with Crippen molar-refractivity contribution in [1.82, 2.24) is 0 Å². The van der Waals surface area contributed by atoms with Crippen molar-refractivity contribution in [3.63, 3.8) is 0 Å². The molecular weight excluding hydrogens is 595 g/mol. The van der Waals surface area contributed by atoms with Crippen LogP contribution in [0.4, 0.5) is 5.69 Å². The van der Waals surface area contributed by atoms with Gasteiger partial charge in [0.05, 0.1) is 0 Å². The molecule has 0 bridgehead atoms. The first-order chi connectivity index (χ1) is 24.2. The van der Waals surface area contributed by atoms with Crippen molar-refractivity contribution in [2.75, 3.05) is 11.4 Å². The van der Waals surface area contributed by atoms with E-state index >= 15 is 0 Å². The fourth-order valence-corrected chi connectivity index (χ4v) is 6.77. The maximum absolute atomic E-state index is 6.65. The van der Waals surface area contributed by atoms with E-state index in [-0.39, 0.29) is 0 Å². The summed E-state index contributed by atoms with van der Waals surface area (Å²) < 4.78 is 6.65. The summed E-state index contributed by atoms with van der Waals surface area (Å²) in [5.74, 6) is 0. The molecular formula is C47H35NO. The Hall–Kier alpha value is -6.38. The first-order valence-electron chi connectivity index (χ1n) is 16.6. The molecule has 0 aliphatic heterocycles. The third-order valence-corrected chi connectivity index (χ3v) is 9.21. The van der Waals surface area contributed by atoms with E-state index in [9.17, 15) is 0 Å². The minimum absolute atomic E-state index is 0.630. The van der Waals surface area contributed by atoms with E-state index in [1.54, 1.807) is 6.08 Å². The number of fused-ring (bicyclic) bond motifs is 6. The Kier molecular flexibility index (Phi) is 7.97. The van der Waals surface area contributed by atoms with Gasteiger partial charge in [-0.1, -0.05) is 140 Å². The number of anilines is 1. The minimum Gasteiger partial charge on any atom is -0.455 e. The molecule has 0 saturated heterocycles. The predicted octanol–water partition coefficient (Wildman–Crippen LogP) is 13.0. The Morgan fingerprint density at radius 2 is 1.20 bits per heavy atom. The first kappa shape index (κ1) is 30.0. The smallest absolute Gasteiger partial charge is 0.143 e. The summed E-state index contributed by atoms with van der Waals surface area (Å²) in [6.45, 7) is 8.67. The number of para-hydroxylation sites is 1. The van der Waals surface area contributed by atoms with Crippen molar-refractivity contribution in [3.05, 3.63) is 194 Å². The summed E-state index contributed by atoms with van der Waals surface area (Å²) in [4.78, 5) is 2.26. The van der Waals surface area contributed by atoms with Crippen LogP contribution in [0.5, 0.6) is 0 Å². The molecule has 0 aliphatic rings. The summed E-state index contributed by atoms with van der Waals surface area (Å²) in [6.07, 6.45) is 10.00. The van der Waals surface area contributed by atoms with Gasteiger partial charge >= 0.3 is 0 Å². The molecule has 0 unspecified atom stereocenters. The molecule has 2 nitrogen and oxygen atoms in total. The molecule has 234 valence electrons. The molecule has 0 spiro atoms. The van der Waals surface area contributed by atoms with Gasteiger partial charge in [-0.25, -0.2) is 0 Å². The fourth-order valence-electron chi connectivity index (χ4n) is 6.77. The van der Waals surface area contributed by atoms with Crippen LogP contribution in [0.1, 0.15) is 5.56 Å². The summed E-state index contributed by atoms with van der Waals surface area (Å²) in [6, 6.07) is 51.8. The Morgan fingerprint density at radius 3 is 2.02 bits per heavy atom. The van der Waals surface area contributed by atoms with Crippen LogP contribution < -0.4 is 4.90 Å². The van der Waals surface area contributed by atoms with Gasteiger partial charge in [-0.15, -0.1) is 6.58 Å². The molecule has 0 fully saturated rings. The van der Waals surface area contributed by atoms with Gasteiger partial charge in [-0.3, -0.25) is 0 Å². The van der Waals surface area contributed by atoms with E-state index in [0.29, 0.717) is 6.54 Å². The van der Waals surface area contributed by atoms with Gasteiger partial charge in [0.2, 0.25) is 0 Å². The zero-order valence-electron chi connectivity index (χ0n) is 27.2. The average molecular weight is 630 g/mol. The number of benzene rings is 7. The van der Waals surface area contributed by atoms with E-state index < -0.39 is 0 Å². The fraction of sp³-hybridized carbons (Fsp3) is 0.0213. The largest absolute Gasteiger partial charge is 0.455 e. The highest BCUT2D eigenvalue weighted by molar-refractivity contribution is 6.16. The summed E-state index contributed by atoms with van der Waals surface area (Å²) >= 11 is 0. The number of hydrogen-bond donors (Lipinski definition) is 0.